The zero-order valence-electron chi connectivity index (χ0n) is 14.5. The van der Waals surface area contributed by atoms with Gasteiger partial charge in [0, 0.05) is 17.1 Å². The topological polar surface area (TPSA) is 106 Å². The normalized spacial score (nSPS) is 12.6. The molecule has 0 aliphatic carbocycles. The molecule has 0 radical (unpaired) electrons. The maximum atomic E-state index is 10.5. The fourth-order valence-electron chi connectivity index (χ4n) is 2.19. The number of hydrogen-bond acceptors (Lipinski definition) is 8. The summed E-state index contributed by atoms with van der Waals surface area (Å²) >= 11 is 7.45. The lowest BCUT2D eigenvalue weighted by atomic mass is 10.1. The molecule has 1 atom stereocenters. The van der Waals surface area contributed by atoms with E-state index in [0.29, 0.717) is 32.8 Å². The van der Waals surface area contributed by atoms with Gasteiger partial charge in [-0.1, -0.05) is 23.4 Å². The Morgan fingerprint density at radius 2 is 2.19 bits per heavy atom. The first-order valence-corrected chi connectivity index (χ1v) is 9.03. The van der Waals surface area contributed by atoms with Crippen LogP contribution in [0.2, 0.25) is 5.02 Å². The molecule has 0 bridgehead atoms. The Hall–Kier alpha value is -2.86. The zero-order chi connectivity index (χ0) is 19.4. The summed E-state index contributed by atoms with van der Waals surface area (Å²) < 4.78 is 5.36. The Labute approximate surface area is 165 Å². The summed E-state index contributed by atoms with van der Waals surface area (Å²) in [6.07, 6.45) is 3.04. The number of nitrogens with two attached hydrogens (primary N) is 1. The lowest BCUT2D eigenvalue weighted by Crippen LogP contribution is -2.17. The lowest BCUT2D eigenvalue weighted by Gasteiger charge is -2.13. The van der Waals surface area contributed by atoms with Gasteiger partial charge in [0.15, 0.2) is 11.4 Å². The molecule has 138 valence electrons. The van der Waals surface area contributed by atoms with E-state index in [1.807, 2.05) is 0 Å². The third kappa shape index (κ3) is 4.46. The van der Waals surface area contributed by atoms with E-state index in [4.69, 9.17) is 22.1 Å². The van der Waals surface area contributed by atoms with E-state index in [2.05, 4.69) is 32.1 Å². The molecule has 1 unspecified atom stereocenters. The van der Waals surface area contributed by atoms with Crippen LogP contribution in [0.5, 0.6) is 5.75 Å². The summed E-state index contributed by atoms with van der Waals surface area (Å²) in [6, 6.07) is 5.30. The SMILES string of the molecule is COc1ccc(C#CC(C)(O)c2nccs2)cc1Nc1nc(N)ncc1Cl. The van der Waals surface area contributed by atoms with E-state index in [-0.39, 0.29) is 5.95 Å². The summed E-state index contributed by atoms with van der Waals surface area (Å²) in [5.41, 5.74) is 5.53. The molecule has 3 aromatic rings. The van der Waals surface area contributed by atoms with Gasteiger partial charge in [-0.3, -0.25) is 0 Å². The van der Waals surface area contributed by atoms with Gasteiger partial charge in [0.1, 0.15) is 15.8 Å². The van der Waals surface area contributed by atoms with E-state index >= 15 is 0 Å². The first-order chi connectivity index (χ1) is 12.9. The van der Waals surface area contributed by atoms with Crippen molar-refractivity contribution in [3.8, 4) is 17.6 Å². The van der Waals surface area contributed by atoms with Crippen molar-refractivity contribution in [2.75, 3.05) is 18.2 Å². The minimum absolute atomic E-state index is 0.0938. The van der Waals surface area contributed by atoms with Crippen LogP contribution in [0.25, 0.3) is 0 Å². The van der Waals surface area contributed by atoms with Gasteiger partial charge in [-0.2, -0.15) is 4.98 Å². The molecule has 27 heavy (non-hydrogen) atoms. The highest BCUT2D eigenvalue weighted by molar-refractivity contribution is 7.09. The second-order valence-electron chi connectivity index (χ2n) is 5.62. The summed E-state index contributed by atoms with van der Waals surface area (Å²) in [7, 11) is 1.55. The average Bonchev–Trinajstić information content (AvgIpc) is 3.19. The number of hydrogen-bond donors (Lipinski definition) is 3. The Morgan fingerprint density at radius 1 is 1.37 bits per heavy atom. The van der Waals surface area contributed by atoms with Crippen molar-refractivity contribution < 1.29 is 9.84 Å². The summed E-state index contributed by atoms with van der Waals surface area (Å²) in [4.78, 5) is 12.0. The molecule has 4 N–H and O–H groups in total. The van der Waals surface area contributed by atoms with Gasteiger partial charge in [0.05, 0.1) is 19.0 Å². The molecule has 7 nitrogen and oxygen atoms in total. The van der Waals surface area contributed by atoms with Crippen LogP contribution in [-0.2, 0) is 5.60 Å². The first kappa shape index (κ1) is 18.9. The van der Waals surface area contributed by atoms with Gasteiger partial charge in [-0.15, -0.1) is 11.3 Å². The van der Waals surface area contributed by atoms with Crippen molar-refractivity contribution in [3.63, 3.8) is 0 Å². The lowest BCUT2D eigenvalue weighted by molar-refractivity contribution is 0.122. The van der Waals surface area contributed by atoms with Gasteiger partial charge in [0.2, 0.25) is 5.95 Å². The Bertz CT molecular complexity index is 1010. The quantitative estimate of drug-likeness (QED) is 0.576. The van der Waals surface area contributed by atoms with Gasteiger partial charge in [0.25, 0.3) is 0 Å². The highest BCUT2D eigenvalue weighted by atomic mass is 35.5. The number of nitrogens with zero attached hydrogens (tertiary/aromatic N) is 3. The van der Waals surface area contributed by atoms with Gasteiger partial charge in [-0.05, 0) is 25.1 Å². The molecule has 0 amide bonds. The Kier molecular flexibility index (Phi) is 5.46. The van der Waals surface area contributed by atoms with E-state index in [0.717, 1.165) is 0 Å². The van der Waals surface area contributed by atoms with Crippen molar-refractivity contribution in [1.29, 1.82) is 0 Å². The largest absolute Gasteiger partial charge is 0.495 e. The number of halogens is 1. The van der Waals surface area contributed by atoms with Gasteiger partial charge < -0.3 is 20.9 Å². The number of anilines is 3. The van der Waals surface area contributed by atoms with Crippen LogP contribution in [-0.4, -0.2) is 27.2 Å². The number of nitrogens with one attached hydrogen (secondary N) is 1. The van der Waals surface area contributed by atoms with Gasteiger partial charge >= 0.3 is 0 Å². The number of aromatic nitrogens is 3. The zero-order valence-corrected chi connectivity index (χ0v) is 16.1. The van der Waals surface area contributed by atoms with Crippen molar-refractivity contribution in [2.45, 2.75) is 12.5 Å². The Morgan fingerprint density at radius 3 is 2.89 bits per heavy atom. The molecule has 9 heteroatoms. The number of methoxy groups -OCH3 is 1. The molecule has 0 saturated heterocycles. The standard InChI is InChI=1S/C18H16ClN5O2S/c1-18(25,16-21-7-8-27-16)6-5-11-3-4-14(26-2)13(9-11)23-15-12(19)10-22-17(20)24-15/h3-4,7-10,25H,1-2H3,(H3,20,22,23,24). The average molecular weight is 402 g/mol. The monoisotopic (exact) mass is 401 g/mol. The van der Waals surface area contributed by atoms with E-state index < -0.39 is 5.60 Å². The van der Waals surface area contributed by atoms with Crippen LogP contribution in [0.15, 0.2) is 36.0 Å². The van der Waals surface area contributed by atoms with Crippen molar-refractivity contribution in [1.82, 2.24) is 15.0 Å². The highest BCUT2D eigenvalue weighted by Crippen LogP contribution is 2.31. The second-order valence-corrected chi connectivity index (χ2v) is 6.93. The summed E-state index contributed by atoms with van der Waals surface area (Å²) in [5.74, 6) is 6.81. The maximum Gasteiger partial charge on any atom is 0.222 e. The van der Waals surface area contributed by atoms with E-state index in [1.54, 1.807) is 43.8 Å². The molecular weight excluding hydrogens is 386 g/mol. The Balaban J connectivity index is 1.93. The molecule has 0 saturated carbocycles. The van der Waals surface area contributed by atoms with Crippen molar-refractivity contribution >= 4 is 40.4 Å². The van der Waals surface area contributed by atoms with Crippen molar-refractivity contribution in [3.05, 3.63) is 51.6 Å². The molecule has 2 heterocycles. The van der Waals surface area contributed by atoms with Crippen LogP contribution in [0.1, 0.15) is 17.5 Å². The smallest absolute Gasteiger partial charge is 0.222 e. The van der Waals surface area contributed by atoms with Crippen LogP contribution in [0.4, 0.5) is 17.5 Å². The minimum Gasteiger partial charge on any atom is -0.495 e. The molecule has 1 aromatic carbocycles. The van der Waals surface area contributed by atoms with Crippen LogP contribution >= 0.6 is 22.9 Å². The van der Waals surface area contributed by atoms with Crippen LogP contribution in [0, 0.1) is 11.8 Å². The van der Waals surface area contributed by atoms with Crippen LogP contribution < -0.4 is 15.8 Å². The number of rotatable bonds is 4. The number of benzene rings is 1. The number of thiazole rings is 1. The fourth-order valence-corrected chi connectivity index (χ4v) is 2.98. The fraction of sp³-hybridized carbons (Fsp3) is 0.167. The third-order valence-electron chi connectivity index (χ3n) is 3.51. The number of aliphatic hydroxyl groups is 1. The number of ether oxygens (including phenoxy) is 1. The maximum absolute atomic E-state index is 10.5. The molecule has 2 aromatic heterocycles. The number of nitrogen functional groups attached to an aromatic ring is 1. The molecule has 0 spiro atoms. The second kappa shape index (κ2) is 7.80. The van der Waals surface area contributed by atoms with Gasteiger partial charge in [-0.25, -0.2) is 9.97 Å². The third-order valence-corrected chi connectivity index (χ3v) is 4.77. The molecule has 0 fully saturated rings. The van der Waals surface area contributed by atoms with E-state index in [1.165, 1.54) is 17.5 Å². The first-order valence-electron chi connectivity index (χ1n) is 7.77. The highest BCUT2D eigenvalue weighted by Gasteiger charge is 2.22. The molecule has 0 aliphatic rings. The molecular formula is C18H16ClN5O2S. The summed E-state index contributed by atoms with van der Waals surface area (Å²) in [5, 5.41) is 16.2. The minimum atomic E-state index is -1.34. The van der Waals surface area contributed by atoms with Crippen molar-refractivity contribution in [2.24, 2.45) is 0 Å². The predicted molar refractivity (Wildman–Crippen MR) is 106 cm³/mol. The van der Waals surface area contributed by atoms with E-state index in [9.17, 15) is 5.11 Å². The molecule has 3 rings (SSSR count). The molecule has 0 aliphatic heterocycles. The van der Waals surface area contributed by atoms with Crippen LogP contribution in [0.3, 0.4) is 0 Å². The predicted octanol–water partition coefficient (Wildman–Crippen LogP) is 3.18. The summed E-state index contributed by atoms with van der Waals surface area (Å²) in [6.45, 7) is 1.60.